The smallest absolute Gasteiger partial charge is 0.255 e. The quantitative estimate of drug-likeness (QED) is 0.414. The van der Waals surface area contributed by atoms with Crippen molar-refractivity contribution >= 4 is 17.5 Å². The van der Waals surface area contributed by atoms with Gasteiger partial charge < -0.3 is 14.6 Å². The summed E-state index contributed by atoms with van der Waals surface area (Å²) in [5, 5.41) is 2.95. The van der Waals surface area contributed by atoms with Crippen LogP contribution in [-0.2, 0) is 13.0 Å². The highest BCUT2D eigenvalue weighted by Gasteiger charge is 2.25. The zero-order valence-electron chi connectivity index (χ0n) is 19.3. The van der Waals surface area contributed by atoms with Crippen LogP contribution in [-0.4, -0.2) is 23.3 Å². The number of nitrogens with one attached hydrogen (secondary N) is 1. The second-order valence-corrected chi connectivity index (χ2v) is 8.75. The largest absolute Gasteiger partial charge is 0.461 e. The Balaban J connectivity index is 1.29. The number of hydrogen-bond acceptors (Lipinski definition) is 3. The fourth-order valence-corrected chi connectivity index (χ4v) is 4.35. The summed E-state index contributed by atoms with van der Waals surface area (Å²) in [4.78, 5) is 27.4. The molecule has 1 aliphatic heterocycles. The molecule has 1 N–H and O–H groups in total. The van der Waals surface area contributed by atoms with Crippen molar-refractivity contribution in [1.29, 1.82) is 0 Å². The van der Waals surface area contributed by atoms with Crippen LogP contribution in [0, 0.1) is 13.8 Å². The first-order valence-electron chi connectivity index (χ1n) is 11.4. The molecule has 170 valence electrons. The van der Waals surface area contributed by atoms with Crippen LogP contribution < -0.4 is 5.32 Å². The summed E-state index contributed by atoms with van der Waals surface area (Å²) in [7, 11) is 0. The molecule has 0 bridgehead atoms. The number of benzene rings is 3. The van der Waals surface area contributed by atoms with Gasteiger partial charge in [-0.2, -0.15) is 0 Å². The van der Waals surface area contributed by atoms with Crippen LogP contribution in [0.15, 0.2) is 83.3 Å². The molecule has 4 aromatic rings. The van der Waals surface area contributed by atoms with Gasteiger partial charge in [-0.15, -0.1) is 0 Å². The van der Waals surface area contributed by atoms with Crippen molar-refractivity contribution < 1.29 is 14.0 Å². The van der Waals surface area contributed by atoms with Gasteiger partial charge in [-0.05, 0) is 67.9 Å². The Hall–Kier alpha value is -4.12. The van der Waals surface area contributed by atoms with Crippen molar-refractivity contribution in [3.05, 3.63) is 112 Å². The summed E-state index contributed by atoms with van der Waals surface area (Å²) >= 11 is 0. The topological polar surface area (TPSA) is 62.6 Å². The van der Waals surface area contributed by atoms with E-state index in [4.69, 9.17) is 4.42 Å². The van der Waals surface area contributed by atoms with E-state index >= 15 is 0 Å². The molecule has 0 atom stereocenters. The highest BCUT2D eigenvalue weighted by Crippen LogP contribution is 2.31. The Morgan fingerprint density at radius 1 is 0.912 bits per heavy atom. The van der Waals surface area contributed by atoms with E-state index < -0.39 is 0 Å². The lowest BCUT2D eigenvalue weighted by Gasteiger charge is -2.26. The van der Waals surface area contributed by atoms with E-state index in [1.165, 1.54) is 0 Å². The minimum atomic E-state index is -0.127. The van der Waals surface area contributed by atoms with Gasteiger partial charge in [0.1, 0.15) is 11.5 Å². The lowest BCUT2D eigenvalue weighted by Crippen LogP contribution is -2.35. The van der Waals surface area contributed by atoms with Crippen LogP contribution >= 0.6 is 0 Å². The molecule has 0 unspecified atom stereocenters. The molecule has 1 aliphatic rings. The molecule has 2 heterocycles. The number of nitrogens with zero attached hydrogens (tertiary/aromatic N) is 1. The Morgan fingerprint density at radius 2 is 1.71 bits per heavy atom. The van der Waals surface area contributed by atoms with Gasteiger partial charge in [0.2, 0.25) is 0 Å². The molecule has 2 amide bonds. The minimum absolute atomic E-state index is 0.0471. The fourth-order valence-electron chi connectivity index (χ4n) is 4.35. The monoisotopic (exact) mass is 450 g/mol. The number of carbonyl (C=O) groups is 2. The summed E-state index contributed by atoms with van der Waals surface area (Å²) < 4.78 is 6.13. The minimum Gasteiger partial charge on any atom is -0.461 e. The summed E-state index contributed by atoms with van der Waals surface area (Å²) in [6.07, 6.45) is 0.692. The van der Waals surface area contributed by atoms with Crippen LogP contribution in [0.1, 0.15) is 43.2 Å². The van der Waals surface area contributed by atoms with Crippen molar-refractivity contribution in [3.63, 3.8) is 0 Å². The van der Waals surface area contributed by atoms with Gasteiger partial charge in [0.25, 0.3) is 11.8 Å². The average molecular weight is 451 g/mol. The lowest BCUT2D eigenvalue weighted by molar-refractivity contribution is 0.0729. The maximum Gasteiger partial charge on any atom is 0.255 e. The van der Waals surface area contributed by atoms with Crippen LogP contribution in [0.4, 0.5) is 5.69 Å². The Labute approximate surface area is 199 Å². The summed E-state index contributed by atoms with van der Waals surface area (Å²) in [5.74, 6) is 1.62. The molecule has 5 nitrogen and oxygen atoms in total. The number of amides is 2. The van der Waals surface area contributed by atoms with Crippen molar-refractivity contribution in [2.75, 3.05) is 11.9 Å². The summed E-state index contributed by atoms with van der Waals surface area (Å²) in [5.41, 5.74) is 6.09. The van der Waals surface area contributed by atoms with Gasteiger partial charge in [-0.25, -0.2) is 0 Å². The van der Waals surface area contributed by atoms with Crippen molar-refractivity contribution in [3.8, 4) is 11.3 Å². The van der Waals surface area contributed by atoms with Gasteiger partial charge >= 0.3 is 0 Å². The average Bonchev–Trinajstić information content (AvgIpc) is 3.28. The maximum absolute atomic E-state index is 12.9. The van der Waals surface area contributed by atoms with Crippen LogP contribution in [0.3, 0.4) is 0 Å². The Bertz CT molecular complexity index is 1370. The van der Waals surface area contributed by atoms with Crippen LogP contribution in [0.25, 0.3) is 11.3 Å². The number of carbonyl (C=O) groups excluding carboxylic acids is 2. The molecule has 0 fully saturated rings. The number of rotatable bonds is 4. The highest BCUT2D eigenvalue weighted by atomic mass is 16.3. The normalized spacial score (nSPS) is 12.8. The molecule has 0 saturated carbocycles. The molecule has 3 aromatic carbocycles. The molecule has 0 radical (unpaired) electrons. The third-order valence-corrected chi connectivity index (χ3v) is 6.24. The fraction of sp³-hybridized carbons (Fsp3) is 0.172. The van der Waals surface area contributed by atoms with Gasteiger partial charge in [0, 0.05) is 47.5 Å². The number of hydrogen-bond donors (Lipinski definition) is 1. The Morgan fingerprint density at radius 3 is 2.47 bits per heavy atom. The zero-order chi connectivity index (χ0) is 23.7. The molecular weight excluding hydrogens is 424 g/mol. The van der Waals surface area contributed by atoms with E-state index in [2.05, 4.69) is 5.32 Å². The predicted molar refractivity (Wildman–Crippen MR) is 133 cm³/mol. The molecule has 0 saturated heterocycles. The molecule has 34 heavy (non-hydrogen) atoms. The van der Waals surface area contributed by atoms with Gasteiger partial charge in [0.15, 0.2) is 0 Å². The third kappa shape index (κ3) is 4.37. The SMILES string of the molecule is Cc1cccc(C(=O)N2CCc3oc(-c4ccc(NC(=O)c5ccccc5C)cc4)cc3C2)c1. The van der Waals surface area contributed by atoms with Gasteiger partial charge in [-0.3, -0.25) is 9.59 Å². The summed E-state index contributed by atoms with van der Waals surface area (Å²) in [6, 6.07) is 24.9. The van der Waals surface area contributed by atoms with E-state index in [9.17, 15) is 9.59 Å². The molecule has 5 heteroatoms. The van der Waals surface area contributed by atoms with E-state index in [1.54, 1.807) is 0 Å². The number of fused-ring (bicyclic) bond motifs is 1. The van der Waals surface area contributed by atoms with Crippen molar-refractivity contribution in [2.24, 2.45) is 0 Å². The van der Waals surface area contributed by atoms with Crippen molar-refractivity contribution in [2.45, 2.75) is 26.8 Å². The number of anilines is 1. The van der Waals surface area contributed by atoms with Crippen molar-refractivity contribution in [1.82, 2.24) is 4.90 Å². The van der Waals surface area contributed by atoms with E-state index in [0.717, 1.165) is 45.0 Å². The van der Waals surface area contributed by atoms with E-state index in [-0.39, 0.29) is 11.8 Å². The van der Waals surface area contributed by atoms with E-state index in [1.807, 2.05) is 97.6 Å². The van der Waals surface area contributed by atoms with Crippen LogP contribution in [0.5, 0.6) is 0 Å². The molecule has 5 rings (SSSR count). The van der Waals surface area contributed by atoms with E-state index in [0.29, 0.717) is 25.1 Å². The maximum atomic E-state index is 12.9. The molecule has 0 spiro atoms. The van der Waals surface area contributed by atoms with Gasteiger partial charge in [0.05, 0.1) is 0 Å². The van der Waals surface area contributed by atoms with Crippen LogP contribution in [0.2, 0.25) is 0 Å². The highest BCUT2D eigenvalue weighted by molar-refractivity contribution is 6.05. The Kier molecular flexibility index (Phi) is 5.76. The molecule has 0 aliphatic carbocycles. The number of aryl methyl sites for hydroxylation is 2. The second kappa shape index (κ2) is 9.02. The lowest BCUT2D eigenvalue weighted by atomic mass is 10.1. The molecule has 1 aromatic heterocycles. The second-order valence-electron chi connectivity index (χ2n) is 8.75. The first kappa shape index (κ1) is 21.7. The predicted octanol–water partition coefficient (Wildman–Crippen LogP) is 6.01. The first-order valence-corrected chi connectivity index (χ1v) is 11.4. The summed E-state index contributed by atoms with van der Waals surface area (Å²) in [6.45, 7) is 5.09. The molecular formula is C29H26N2O3. The van der Waals surface area contributed by atoms with Gasteiger partial charge in [-0.1, -0.05) is 35.9 Å². The third-order valence-electron chi connectivity index (χ3n) is 6.24. The standard InChI is InChI=1S/C29H26N2O3/c1-19-6-5-8-22(16-19)29(33)31-15-14-26-23(18-31)17-27(34-26)21-10-12-24(13-11-21)30-28(32)25-9-4-3-7-20(25)2/h3-13,16-17H,14-15,18H2,1-2H3,(H,30,32). The zero-order valence-corrected chi connectivity index (χ0v) is 19.3. The first-order chi connectivity index (χ1) is 16.5. The number of furan rings is 1.